The number of alkyl halides is 3. The molecule has 0 unspecified atom stereocenters. The standard InChI is InChI=1S/C13H23F3N2O2/c1-2-6-18-7-3-11(4-8-18)17-12(19)5-9-20-10-13(14,15)16/h11H,2-10H2,1H3,(H,17,19). The van der Waals surface area contributed by atoms with Gasteiger partial charge in [0.2, 0.25) is 5.91 Å². The van der Waals surface area contributed by atoms with Gasteiger partial charge in [-0.25, -0.2) is 0 Å². The maximum atomic E-state index is 11.8. The summed E-state index contributed by atoms with van der Waals surface area (Å²) in [6, 6.07) is 0.137. The molecule has 1 saturated heterocycles. The van der Waals surface area contributed by atoms with E-state index in [0.29, 0.717) is 0 Å². The van der Waals surface area contributed by atoms with Gasteiger partial charge in [0.15, 0.2) is 0 Å². The van der Waals surface area contributed by atoms with E-state index in [0.717, 1.165) is 38.9 Å². The number of nitrogens with zero attached hydrogens (tertiary/aromatic N) is 1. The fourth-order valence-electron chi connectivity index (χ4n) is 2.27. The van der Waals surface area contributed by atoms with Gasteiger partial charge in [-0.15, -0.1) is 0 Å². The van der Waals surface area contributed by atoms with E-state index >= 15 is 0 Å². The Morgan fingerprint density at radius 2 is 2.00 bits per heavy atom. The Morgan fingerprint density at radius 3 is 2.55 bits per heavy atom. The van der Waals surface area contributed by atoms with Crippen LogP contribution in [0.2, 0.25) is 0 Å². The number of ether oxygens (including phenoxy) is 1. The van der Waals surface area contributed by atoms with Gasteiger partial charge in [-0.1, -0.05) is 6.92 Å². The smallest absolute Gasteiger partial charge is 0.372 e. The van der Waals surface area contributed by atoms with Gasteiger partial charge in [-0.05, 0) is 25.8 Å². The quantitative estimate of drug-likeness (QED) is 0.730. The minimum atomic E-state index is -4.33. The van der Waals surface area contributed by atoms with E-state index < -0.39 is 12.8 Å². The van der Waals surface area contributed by atoms with Gasteiger partial charge in [-0.2, -0.15) is 13.2 Å². The SMILES string of the molecule is CCCN1CCC(NC(=O)CCOCC(F)(F)F)CC1. The average molecular weight is 296 g/mol. The third-order valence-electron chi connectivity index (χ3n) is 3.23. The highest BCUT2D eigenvalue weighted by Crippen LogP contribution is 2.14. The first-order valence-electron chi connectivity index (χ1n) is 7.07. The number of carbonyl (C=O) groups is 1. The Hall–Kier alpha value is -0.820. The van der Waals surface area contributed by atoms with E-state index in [-0.39, 0.29) is 25.0 Å². The molecule has 0 atom stereocenters. The number of likely N-dealkylation sites (tertiary alicyclic amines) is 1. The maximum absolute atomic E-state index is 11.8. The summed E-state index contributed by atoms with van der Waals surface area (Å²) in [5, 5.41) is 2.85. The van der Waals surface area contributed by atoms with Crippen molar-refractivity contribution < 1.29 is 22.7 Å². The molecule has 1 rings (SSSR count). The Morgan fingerprint density at radius 1 is 1.35 bits per heavy atom. The molecule has 1 N–H and O–H groups in total. The van der Waals surface area contributed by atoms with Crippen LogP contribution < -0.4 is 5.32 Å². The van der Waals surface area contributed by atoms with Gasteiger partial charge in [0.25, 0.3) is 0 Å². The molecular formula is C13H23F3N2O2. The topological polar surface area (TPSA) is 41.6 Å². The number of amides is 1. The maximum Gasteiger partial charge on any atom is 0.411 e. The van der Waals surface area contributed by atoms with Crippen LogP contribution in [0.15, 0.2) is 0 Å². The van der Waals surface area contributed by atoms with Gasteiger partial charge in [0.05, 0.1) is 6.61 Å². The first kappa shape index (κ1) is 17.2. The number of halogens is 3. The molecule has 1 amide bonds. The molecule has 0 aromatic heterocycles. The van der Waals surface area contributed by atoms with E-state index in [4.69, 9.17) is 0 Å². The van der Waals surface area contributed by atoms with Crippen LogP contribution in [0, 0.1) is 0 Å². The fraction of sp³-hybridized carbons (Fsp3) is 0.923. The van der Waals surface area contributed by atoms with Gasteiger partial charge < -0.3 is 15.0 Å². The molecule has 0 aromatic carbocycles. The van der Waals surface area contributed by atoms with E-state index in [9.17, 15) is 18.0 Å². The van der Waals surface area contributed by atoms with Gasteiger partial charge in [0, 0.05) is 25.6 Å². The lowest BCUT2D eigenvalue weighted by Crippen LogP contribution is -2.45. The molecular weight excluding hydrogens is 273 g/mol. The fourth-order valence-corrected chi connectivity index (χ4v) is 2.27. The number of nitrogens with one attached hydrogen (secondary N) is 1. The lowest BCUT2D eigenvalue weighted by Gasteiger charge is -2.32. The Labute approximate surface area is 117 Å². The third kappa shape index (κ3) is 7.69. The van der Waals surface area contributed by atoms with Crippen LogP contribution in [0.1, 0.15) is 32.6 Å². The summed E-state index contributed by atoms with van der Waals surface area (Å²) in [5.41, 5.74) is 0. The lowest BCUT2D eigenvalue weighted by molar-refractivity contribution is -0.174. The molecule has 118 valence electrons. The van der Waals surface area contributed by atoms with Crippen molar-refractivity contribution in [3.8, 4) is 0 Å². The van der Waals surface area contributed by atoms with Crippen molar-refractivity contribution in [2.24, 2.45) is 0 Å². The van der Waals surface area contributed by atoms with Crippen molar-refractivity contribution in [2.75, 3.05) is 32.8 Å². The average Bonchev–Trinajstić information content (AvgIpc) is 2.36. The summed E-state index contributed by atoms with van der Waals surface area (Å²) in [5.74, 6) is -0.235. The number of hydrogen-bond donors (Lipinski definition) is 1. The minimum Gasteiger partial charge on any atom is -0.372 e. The largest absolute Gasteiger partial charge is 0.411 e. The van der Waals surface area contributed by atoms with Crippen molar-refractivity contribution in [1.82, 2.24) is 10.2 Å². The van der Waals surface area contributed by atoms with Gasteiger partial charge in [-0.3, -0.25) is 4.79 Å². The summed E-state index contributed by atoms with van der Waals surface area (Å²) in [7, 11) is 0. The highest BCUT2D eigenvalue weighted by molar-refractivity contribution is 5.76. The normalized spacial score (nSPS) is 18.2. The molecule has 1 aliphatic rings. The number of piperidine rings is 1. The zero-order chi connectivity index (χ0) is 15.0. The van der Waals surface area contributed by atoms with Crippen LogP contribution >= 0.6 is 0 Å². The van der Waals surface area contributed by atoms with Crippen molar-refractivity contribution in [1.29, 1.82) is 0 Å². The molecule has 4 nitrogen and oxygen atoms in total. The third-order valence-corrected chi connectivity index (χ3v) is 3.23. The van der Waals surface area contributed by atoms with Gasteiger partial charge in [0.1, 0.15) is 6.61 Å². The summed E-state index contributed by atoms with van der Waals surface area (Å²) < 4.78 is 39.9. The van der Waals surface area contributed by atoms with E-state index in [1.165, 1.54) is 0 Å². The highest BCUT2D eigenvalue weighted by Gasteiger charge is 2.27. The van der Waals surface area contributed by atoms with Crippen LogP contribution in [-0.2, 0) is 9.53 Å². The summed E-state index contributed by atoms with van der Waals surface area (Å²) in [6.07, 6.45) is -1.44. The highest BCUT2D eigenvalue weighted by atomic mass is 19.4. The van der Waals surface area contributed by atoms with E-state index in [1.54, 1.807) is 0 Å². The molecule has 1 aliphatic heterocycles. The molecule has 0 bridgehead atoms. The van der Waals surface area contributed by atoms with Crippen molar-refractivity contribution >= 4 is 5.91 Å². The second-order valence-corrected chi connectivity index (χ2v) is 5.10. The Bertz CT molecular complexity index is 290. The molecule has 1 fully saturated rings. The minimum absolute atomic E-state index is 0.0226. The molecule has 0 aliphatic carbocycles. The Balaban J connectivity index is 2.08. The van der Waals surface area contributed by atoms with Gasteiger partial charge >= 0.3 is 6.18 Å². The molecule has 20 heavy (non-hydrogen) atoms. The summed E-state index contributed by atoms with van der Waals surface area (Å²) >= 11 is 0. The number of carbonyl (C=O) groups excluding carboxylic acids is 1. The summed E-state index contributed by atoms with van der Waals surface area (Å²) in [4.78, 5) is 13.9. The van der Waals surface area contributed by atoms with E-state index in [2.05, 4.69) is 21.9 Å². The second-order valence-electron chi connectivity index (χ2n) is 5.10. The van der Waals surface area contributed by atoms with Crippen LogP contribution in [0.4, 0.5) is 13.2 Å². The molecule has 0 radical (unpaired) electrons. The molecule has 0 spiro atoms. The van der Waals surface area contributed by atoms with Crippen molar-refractivity contribution in [3.63, 3.8) is 0 Å². The predicted molar refractivity (Wildman–Crippen MR) is 69.4 cm³/mol. The van der Waals surface area contributed by atoms with Crippen LogP contribution in [0.3, 0.4) is 0 Å². The second kappa shape index (κ2) is 8.46. The van der Waals surface area contributed by atoms with E-state index in [1.807, 2.05) is 0 Å². The van der Waals surface area contributed by atoms with Crippen LogP contribution in [0.5, 0.6) is 0 Å². The molecule has 7 heteroatoms. The zero-order valence-electron chi connectivity index (χ0n) is 11.8. The number of rotatable bonds is 7. The monoisotopic (exact) mass is 296 g/mol. The number of hydrogen-bond acceptors (Lipinski definition) is 3. The predicted octanol–water partition coefficient (Wildman–Crippen LogP) is 1.95. The summed E-state index contributed by atoms with van der Waals surface area (Å²) in [6.45, 7) is 3.64. The molecule has 1 heterocycles. The molecule has 0 aromatic rings. The Kier molecular flexibility index (Phi) is 7.29. The van der Waals surface area contributed by atoms with Crippen LogP contribution in [0.25, 0.3) is 0 Å². The van der Waals surface area contributed by atoms with Crippen molar-refractivity contribution in [3.05, 3.63) is 0 Å². The zero-order valence-corrected chi connectivity index (χ0v) is 11.8. The van der Waals surface area contributed by atoms with Crippen LogP contribution in [-0.4, -0.2) is 55.9 Å². The first-order chi connectivity index (χ1) is 9.40. The first-order valence-corrected chi connectivity index (χ1v) is 7.07. The molecule has 0 saturated carbocycles. The lowest BCUT2D eigenvalue weighted by atomic mass is 10.0. The van der Waals surface area contributed by atoms with Crippen molar-refractivity contribution in [2.45, 2.75) is 44.8 Å².